The molecule has 2 rings (SSSR count). The predicted octanol–water partition coefficient (Wildman–Crippen LogP) is 2.56. The number of para-hydroxylation sites is 1. The Labute approximate surface area is 137 Å². The van der Waals surface area contributed by atoms with Crippen molar-refractivity contribution in [3.8, 4) is 5.75 Å². The summed E-state index contributed by atoms with van der Waals surface area (Å²) in [5, 5.41) is 17.6. The summed E-state index contributed by atoms with van der Waals surface area (Å²) in [6.07, 6.45) is 1.05. The van der Waals surface area contributed by atoms with Gasteiger partial charge in [0.15, 0.2) is 0 Å². The molecule has 0 unspecified atom stereocenters. The average molecular weight is 339 g/mol. The van der Waals surface area contributed by atoms with Crippen molar-refractivity contribution >= 4 is 29.0 Å². The van der Waals surface area contributed by atoms with E-state index in [0.29, 0.717) is 22.9 Å². The van der Waals surface area contributed by atoms with Gasteiger partial charge in [-0.25, -0.2) is 4.68 Å². The Morgan fingerprint density at radius 3 is 2.91 bits per heavy atom. The van der Waals surface area contributed by atoms with Gasteiger partial charge in [-0.3, -0.25) is 14.9 Å². The topological polar surface area (TPSA) is 99.3 Å². The Kier molecular flexibility index (Phi) is 5.17. The van der Waals surface area contributed by atoms with Gasteiger partial charge in [-0.15, -0.1) is 0 Å². The lowest BCUT2D eigenvalue weighted by Crippen LogP contribution is -2.18. The first kappa shape index (κ1) is 16.8. The van der Waals surface area contributed by atoms with E-state index in [1.54, 1.807) is 18.2 Å². The zero-order valence-corrected chi connectivity index (χ0v) is 13.3. The lowest BCUT2D eigenvalue weighted by Gasteiger charge is -2.12. The third kappa shape index (κ3) is 3.78. The van der Waals surface area contributed by atoms with Crippen molar-refractivity contribution in [2.45, 2.75) is 13.3 Å². The van der Waals surface area contributed by atoms with Crippen molar-refractivity contribution < 1.29 is 14.5 Å². The third-order valence-electron chi connectivity index (χ3n) is 3.06. The van der Waals surface area contributed by atoms with E-state index >= 15 is 0 Å². The monoisotopic (exact) mass is 338 g/mol. The van der Waals surface area contributed by atoms with Crippen LogP contribution in [0.3, 0.4) is 0 Å². The molecule has 0 saturated heterocycles. The number of rotatable bonds is 6. The van der Waals surface area contributed by atoms with Crippen LogP contribution in [-0.2, 0) is 18.3 Å². The van der Waals surface area contributed by atoms with Crippen LogP contribution in [0.1, 0.15) is 12.5 Å². The number of ether oxygens (including phenoxy) is 1. The number of hydrogen-bond acceptors (Lipinski definition) is 5. The number of nitro groups is 1. The summed E-state index contributed by atoms with van der Waals surface area (Å²) in [6.45, 7) is 2.22. The van der Waals surface area contributed by atoms with E-state index in [1.165, 1.54) is 11.7 Å². The van der Waals surface area contributed by atoms with E-state index in [1.807, 2.05) is 6.92 Å². The van der Waals surface area contributed by atoms with Gasteiger partial charge in [-0.05, 0) is 13.0 Å². The first-order valence-electron chi connectivity index (χ1n) is 6.80. The SMILES string of the molecule is CCOc1c(Cl)cccc1CC(=O)Nc1c([N+](=O)[O-])cnn1C. The molecule has 0 radical (unpaired) electrons. The maximum Gasteiger partial charge on any atom is 0.331 e. The van der Waals surface area contributed by atoms with E-state index in [4.69, 9.17) is 16.3 Å². The van der Waals surface area contributed by atoms with Crippen LogP contribution in [-0.4, -0.2) is 27.2 Å². The van der Waals surface area contributed by atoms with E-state index in [0.717, 1.165) is 6.20 Å². The molecule has 23 heavy (non-hydrogen) atoms. The second-order valence-electron chi connectivity index (χ2n) is 4.65. The fourth-order valence-electron chi connectivity index (χ4n) is 2.05. The molecule has 0 spiro atoms. The molecule has 0 atom stereocenters. The maximum atomic E-state index is 12.2. The molecule has 9 heteroatoms. The van der Waals surface area contributed by atoms with Gasteiger partial charge < -0.3 is 10.1 Å². The fourth-order valence-corrected chi connectivity index (χ4v) is 2.30. The highest BCUT2D eigenvalue weighted by molar-refractivity contribution is 6.32. The second-order valence-corrected chi connectivity index (χ2v) is 5.05. The fraction of sp³-hybridized carbons (Fsp3) is 0.286. The maximum absolute atomic E-state index is 12.2. The summed E-state index contributed by atoms with van der Waals surface area (Å²) < 4.78 is 6.69. The summed E-state index contributed by atoms with van der Waals surface area (Å²) in [5.41, 5.74) is 0.332. The minimum atomic E-state index is -0.604. The molecule has 1 aromatic heterocycles. The molecular formula is C14H15ClN4O4. The molecule has 0 bridgehead atoms. The molecule has 1 amide bonds. The van der Waals surface area contributed by atoms with Crippen LogP contribution in [0, 0.1) is 10.1 Å². The average Bonchev–Trinajstić information content (AvgIpc) is 2.84. The van der Waals surface area contributed by atoms with Gasteiger partial charge in [-0.1, -0.05) is 23.7 Å². The number of aryl methyl sites for hydroxylation is 1. The van der Waals surface area contributed by atoms with Crippen LogP contribution in [0.4, 0.5) is 11.5 Å². The standard InChI is InChI=1S/C14H15ClN4O4/c1-3-23-13-9(5-4-6-10(13)15)7-12(20)17-14-11(19(21)22)8-16-18(14)2/h4-6,8H,3,7H2,1-2H3,(H,17,20). The van der Waals surface area contributed by atoms with Gasteiger partial charge in [0.1, 0.15) is 11.9 Å². The smallest absolute Gasteiger partial charge is 0.331 e. The number of benzene rings is 1. The molecule has 0 aliphatic heterocycles. The molecule has 1 heterocycles. The van der Waals surface area contributed by atoms with E-state index in [9.17, 15) is 14.9 Å². The minimum absolute atomic E-state index is 0.0278. The predicted molar refractivity (Wildman–Crippen MR) is 84.8 cm³/mol. The number of halogens is 1. The number of amides is 1. The van der Waals surface area contributed by atoms with Crippen molar-refractivity contribution in [3.63, 3.8) is 0 Å². The van der Waals surface area contributed by atoms with E-state index in [-0.39, 0.29) is 17.9 Å². The van der Waals surface area contributed by atoms with Gasteiger partial charge in [0.25, 0.3) is 0 Å². The number of nitrogens with one attached hydrogen (secondary N) is 1. The van der Waals surface area contributed by atoms with Crippen LogP contribution in [0.15, 0.2) is 24.4 Å². The van der Waals surface area contributed by atoms with Gasteiger partial charge in [0.05, 0.1) is 23.0 Å². The van der Waals surface area contributed by atoms with Gasteiger partial charge >= 0.3 is 5.69 Å². The zero-order valence-electron chi connectivity index (χ0n) is 12.6. The quantitative estimate of drug-likeness (QED) is 0.644. The summed E-state index contributed by atoms with van der Waals surface area (Å²) >= 11 is 6.07. The molecule has 1 N–H and O–H groups in total. The Morgan fingerprint density at radius 2 is 2.26 bits per heavy atom. The number of aromatic nitrogens is 2. The molecule has 122 valence electrons. The van der Waals surface area contributed by atoms with Gasteiger partial charge in [-0.2, -0.15) is 5.10 Å². The highest BCUT2D eigenvalue weighted by Crippen LogP contribution is 2.29. The normalized spacial score (nSPS) is 10.4. The van der Waals surface area contributed by atoms with Crippen molar-refractivity contribution in [1.29, 1.82) is 0 Å². The Bertz CT molecular complexity index is 744. The molecule has 8 nitrogen and oxygen atoms in total. The van der Waals surface area contributed by atoms with Gasteiger partial charge in [0, 0.05) is 12.6 Å². The second kappa shape index (κ2) is 7.10. The van der Waals surface area contributed by atoms with Crippen molar-refractivity contribution in [1.82, 2.24) is 9.78 Å². The molecule has 0 aliphatic carbocycles. The first-order chi connectivity index (χ1) is 10.9. The van der Waals surface area contributed by atoms with E-state index < -0.39 is 10.8 Å². The summed E-state index contributed by atoms with van der Waals surface area (Å²) in [6, 6.07) is 5.09. The summed E-state index contributed by atoms with van der Waals surface area (Å²) in [4.78, 5) is 22.5. The first-order valence-corrected chi connectivity index (χ1v) is 7.18. The van der Waals surface area contributed by atoms with Crippen LogP contribution in [0.2, 0.25) is 5.02 Å². The number of anilines is 1. The Balaban J connectivity index is 2.20. The molecule has 2 aromatic rings. The van der Waals surface area contributed by atoms with Crippen molar-refractivity contribution in [2.75, 3.05) is 11.9 Å². The largest absolute Gasteiger partial charge is 0.492 e. The molecule has 1 aromatic carbocycles. The van der Waals surface area contributed by atoms with Crippen LogP contribution >= 0.6 is 11.6 Å². The Morgan fingerprint density at radius 1 is 1.52 bits per heavy atom. The van der Waals surface area contributed by atoms with Crippen molar-refractivity contribution in [2.24, 2.45) is 7.05 Å². The zero-order chi connectivity index (χ0) is 17.0. The molecule has 0 saturated carbocycles. The Hall–Kier alpha value is -2.61. The molecular weight excluding hydrogens is 324 g/mol. The number of hydrogen-bond donors (Lipinski definition) is 1. The highest BCUT2D eigenvalue weighted by Gasteiger charge is 2.21. The summed E-state index contributed by atoms with van der Waals surface area (Å²) in [5.74, 6) is 0.0335. The lowest BCUT2D eigenvalue weighted by molar-refractivity contribution is -0.384. The van der Waals surface area contributed by atoms with Crippen LogP contribution < -0.4 is 10.1 Å². The van der Waals surface area contributed by atoms with Crippen LogP contribution in [0.5, 0.6) is 5.75 Å². The number of carbonyl (C=O) groups excluding carboxylic acids is 1. The third-order valence-corrected chi connectivity index (χ3v) is 3.36. The van der Waals surface area contributed by atoms with E-state index in [2.05, 4.69) is 10.4 Å². The number of nitrogens with zero attached hydrogens (tertiary/aromatic N) is 3. The highest BCUT2D eigenvalue weighted by atomic mass is 35.5. The molecule has 0 aliphatic rings. The van der Waals surface area contributed by atoms with Gasteiger partial charge in [0.2, 0.25) is 11.7 Å². The summed E-state index contributed by atoms with van der Waals surface area (Å²) in [7, 11) is 1.51. The van der Waals surface area contributed by atoms with Crippen molar-refractivity contribution in [3.05, 3.63) is 45.1 Å². The van der Waals surface area contributed by atoms with Crippen LogP contribution in [0.25, 0.3) is 0 Å². The lowest BCUT2D eigenvalue weighted by atomic mass is 10.1. The molecule has 0 fully saturated rings. The minimum Gasteiger partial charge on any atom is -0.492 e. The number of carbonyl (C=O) groups is 1.